The molecule has 0 saturated heterocycles. The molecular weight excluding hydrogens is 506 g/mol. The van der Waals surface area contributed by atoms with Crippen LogP contribution in [0, 0.1) is 0 Å². The van der Waals surface area contributed by atoms with Crippen LogP contribution < -0.4 is 9.62 Å². The van der Waals surface area contributed by atoms with Crippen molar-refractivity contribution >= 4 is 27.4 Å². The fourth-order valence-corrected chi connectivity index (χ4v) is 6.91. The average molecular weight is 545 g/mol. The summed E-state index contributed by atoms with van der Waals surface area (Å²) >= 11 is 0. The standard InChI is InChI=1S/C32H37N3O3S/c1-31(2)24-12-8-10-14-26(24)34(5)28(31)20-18-22-16-17-23(30(22)33-39(36,37)38-7)19-21-29-32(3,4)25-13-9-11-15-27(25)35(29)6/h8-15,18-21H,16-17H2,1-7H3/p+1/b22-18+,28-20+. The van der Waals surface area contributed by atoms with Crippen molar-refractivity contribution in [3.8, 4) is 0 Å². The maximum atomic E-state index is 12.5. The first kappa shape index (κ1) is 27.2. The van der Waals surface area contributed by atoms with Crippen molar-refractivity contribution in [3.05, 3.63) is 107 Å². The van der Waals surface area contributed by atoms with Crippen molar-refractivity contribution in [1.29, 1.82) is 0 Å². The SMILES string of the molecule is COS(=O)(=O)NC1=C(/C=C/C2=[N+](C)c3ccccc3C2(C)C)CC/C1=C\C=C1\N(C)c2ccccc2C1(C)C. The molecule has 0 amide bonds. The summed E-state index contributed by atoms with van der Waals surface area (Å²) in [6.45, 7) is 8.90. The van der Waals surface area contributed by atoms with E-state index in [2.05, 4.69) is 129 Å². The largest absolute Gasteiger partial charge is 0.359 e. The van der Waals surface area contributed by atoms with Gasteiger partial charge in [0.05, 0.1) is 18.2 Å². The minimum Gasteiger partial charge on any atom is -0.347 e. The lowest BCUT2D eigenvalue weighted by atomic mass is 9.81. The van der Waals surface area contributed by atoms with Crippen molar-refractivity contribution in [1.82, 2.24) is 4.72 Å². The van der Waals surface area contributed by atoms with Gasteiger partial charge in [-0.05, 0) is 55.5 Å². The number of allylic oxidation sites excluding steroid dienone is 7. The molecule has 0 fully saturated rings. The van der Waals surface area contributed by atoms with Crippen LogP contribution in [0.5, 0.6) is 0 Å². The number of hydrogen-bond acceptors (Lipinski definition) is 4. The van der Waals surface area contributed by atoms with E-state index in [1.165, 1.54) is 29.6 Å². The molecule has 2 aliphatic heterocycles. The van der Waals surface area contributed by atoms with Crippen molar-refractivity contribution in [2.75, 3.05) is 26.1 Å². The van der Waals surface area contributed by atoms with E-state index in [1.54, 1.807) is 0 Å². The number of nitrogens with zero attached hydrogens (tertiary/aromatic N) is 2. The van der Waals surface area contributed by atoms with Crippen molar-refractivity contribution < 1.29 is 17.2 Å². The Hall–Kier alpha value is -3.42. The molecule has 2 aromatic rings. The van der Waals surface area contributed by atoms with E-state index in [0.29, 0.717) is 5.70 Å². The van der Waals surface area contributed by atoms with Gasteiger partial charge < -0.3 is 4.90 Å². The summed E-state index contributed by atoms with van der Waals surface area (Å²) in [5, 5.41) is 0. The van der Waals surface area contributed by atoms with Gasteiger partial charge in [-0.1, -0.05) is 62.4 Å². The third kappa shape index (κ3) is 4.57. The fourth-order valence-electron chi connectivity index (χ4n) is 6.32. The molecule has 0 radical (unpaired) electrons. The van der Waals surface area contributed by atoms with Crippen LogP contribution in [-0.2, 0) is 25.3 Å². The molecule has 3 aliphatic rings. The molecule has 1 aliphatic carbocycles. The van der Waals surface area contributed by atoms with Gasteiger partial charge in [-0.15, -0.1) is 0 Å². The molecule has 2 aromatic carbocycles. The van der Waals surface area contributed by atoms with E-state index in [0.717, 1.165) is 35.4 Å². The van der Waals surface area contributed by atoms with Crippen molar-refractivity contribution in [2.45, 2.75) is 51.4 Å². The minimum absolute atomic E-state index is 0.163. The van der Waals surface area contributed by atoms with Crippen LogP contribution in [0.2, 0.25) is 0 Å². The van der Waals surface area contributed by atoms with Crippen LogP contribution in [-0.4, -0.2) is 39.9 Å². The van der Waals surface area contributed by atoms with Gasteiger partial charge in [0.25, 0.3) is 0 Å². The summed E-state index contributed by atoms with van der Waals surface area (Å²) in [6.07, 6.45) is 9.84. The summed E-state index contributed by atoms with van der Waals surface area (Å²) in [5.41, 5.74) is 9.43. The third-order valence-electron chi connectivity index (χ3n) is 8.52. The Balaban J connectivity index is 1.54. The van der Waals surface area contributed by atoms with E-state index in [4.69, 9.17) is 4.18 Å². The molecule has 0 bridgehead atoms. The van der Waals surface area contributed by atoms with Crippen molar-refractivity contribution in [3.63, 3.8) is 0 Å². The molecule has 0 unspecified atom stereocenters. The van der Waals surface area contributed by atoms with Crippen LogP contribution in [0.1, 0.15) is 51.7 Å². The van der Waals surface area contributed by atoms with Crippen LogP contribution in [0.15, 0.2) is 95.4 Å². The number of rotatable bonds is 6. The van der Waals surface area contributed by atoms with E-state index < -0.39 is 10.3 Å². The zero-order valence-electron chi connectivity index (χ0n) is 23.9. The summed E-state index contributed by atoms with van der Waals surface area (Å²) in [7, 11) is 1.41. The van der Waals surface area contributed by atoms with Crippen LogP contribution in [0.3, 0.4) is 0 Å². The van der Waals surface area contributed by atoms with Gasteiger partial charge in [-0.25, -0.2) is 0 Å². The molecular formula is C32H38N3O3S+. The van der Waals surface area contributed by atoms with E-state index in [9.17, 15) is 8.42 Å². The quantitative estimate of drug-likeness (QED) is 0.452. The number of nitrogens with one attached hydrogen (secondary N) is 1. The van der Waals surface area contributed by atoms with Crippen LogP contribution in [0.25, 0.3) is 0 Å². The van der Waals surface area contributed by atoms with Crippen LogP contribution in [0.4, 0.5) is 11.4 Å². The Morgan fingerprint density at radius 1 is 0.923 bits per heavy atom. The first-order chi connectivity index (χ1) is 18.4. The van der Waals surface area contributed by atoms with Gasteiger partial charge in [-0.3, -0.25) is 8.91 Å². The molecule has 1 N–H and O–H groups in total. The fraction of sp³-hybridized carbons (Fsp3) is 0.344. The molecule has 7 heteroatoms. The number of benzene rings is 2. The van der Waals surface area contributed by atoms with Gasteiger partial charge in [0, 0.05) is 41.6 Å². The van der Waals surface area contributed by atoms with Crippen molar-refractivity contribution in [2.24, 2.45) is 0 Å². The van der Waals surface area contributed by atoms with Gasteiger partial charge in [0.1, 0.15) is 7.05 Å². The Morgan fingerprint density at radius 2 is 1.59 bits per heavy atom. The molecule has 39 heavy (non-hydrogen) atoms. The number of likely N-dealkylation sites (N-methyl/N-ethyl adjacent to an activating group) is 1. The highest BCUT2D eigenvalue weighted by atomic mass is 32.2. The number of para-hydroxylation sites is 2. The summed E-state index contributed by atoms with van der Waals surface area (Å²) in [6, 6.07) is 16.9. The van der Waals surface area contributed by atoms with Crippen LogP contribution >= 0.6 is 0 Å². The lowest BCUT2D eigenvalue weighted by Gasteiger charge is -2.24. The lowest BCUT2D eigenvalue weighted by molar-refractivity contribution is -0.401. The molecule has 5 rings (SSSR count). The van der Waals surface area contributed by atoms with E-state index in [1.807, 2.05) is 0 Å². The summed E-state index contributed by atoms with van der Waals surface area (Å²) in [5.74, 6) is 0. The first-order valence-corrected chi connectivity index (χ1v) is 14.7. The van der Waals surface area contributed by atoms with Gasteiger partial charge in [0.15, 0.2) is 5.71 Å². The molecule has 0 aromatic heterocycles. The molecule has 2 heterocycles. The first-order valence-electron chi connectivity index (χ1n) is 13.3. The average Bonchev–Trinajstić information content (AvgIpc) is 3.43. The second-order valence-electron chi connectivity index (χ2n) is 11.5. The van der Waals surface area contributed by atoms with E-state index >= 15 is 0 Å². The molecule has 6 nitrogen and oxygen atoms in total. The highest BCUT2D eigenvalue weighted by molar-refractivity contribution is 7.84. The maximum Gasteiger partial charge on any atom is 0.359 e. The Morgan fingerprint density at radius 3 is 2.26 bits per heavy atom. The number of fused-ring (bicyclic) bond motifs is 2. The second-order valence-corrected chi connectivity index (χ2v) is 12.9. The number of anilines is 1. The predicted octanol–water partition coefficient (Wildman–Crippen LogP) is 6.02. The van der Waals surface area contributed by atoms with Gasteiger partial charge in [0.2, 0.25) is 5.69 Å². The normalized spacial score (nSPS) is 22.0. The molecule has 204 valence electrons. The molecule has 0 atom stereocenters. The molecule has 0 saturated carbocycles. The highest BCUT2D eigenvalue weighted by Crippen LogP contribution is 2.47. The summed E-state index contributed by atoms with van der Waals surface area (Å²) in [4.78, 5) is 2.22. The van der Waals surface area contributed by atoms with Gasteiger partial charge in [-0.2, -0.15) is 13.0 Å². The predicted molar refractivity (Wildman–Crippen MR) is 159 cm³/mol. The minimum atomic E-state index is -3.93. The monoisotopic (exact) mass is 544 g/mol. The van der Waals surface area contributed by atoms with E-state index in [-0.39, 0.29) is 10.8 Å². The molecule has 0 spiro atoms. The maximum absolute atomic E-state index is 12.5. The zero-order chi connectivity index (χ0) is 28.2. The number of hydrogen-bond donors (Lipinski definition) is 1. The smallest absolute Gasteiger partial charge is 0.347 e. The lowest BCUT2D eigenvalue weighted by Crippen LogP contribution is -2.27. The highest BCUT2D eigenvalue weighted by Gasteiger charge is 2.42. The Bertz CT molecular complexity index is 1600. The third-order valence-corrected chi connectivity index (χ3v) is 9.41. The van der Waals surface area contributed by atoms with Gasteiger partial charge >= 0.3 is 10.3 Å². The summed E-state index contributed by atoms with van der Waals surface area (Å²) < 4.78 is 34.7. The zero-order valence-corrected chi connectivity index (χ0v) is 24.7. The second kappa shape index (κ2) is 9.65. The Kier molecular flexibility index (Phi) is 6.72. The topological polar surface area (TPSA) is 61.7 Å². The Labute approximate surface area is 233 Å².